The molecule has 1 saturated heterocycles. The molecule has 1 heterocycles. The van der Waals surface area contributed by atoms with Crippen LogP contribution in [0.5, 0.6) is 0 Å². The lowest BCUT2D eigenvalue weighted by Gasteiger charge is -2.31. The largest absolute Gasteiger partial charge is 0.326 e. The van der Waals surface area contributed by atoms with Crippen molar-refractivity contribution in [3.63, 3.8) is 0 Å². The summed E-state index contributed by atoms with van der Waals surface area (Å²) in [7, 11) is -3.58. The smallest absolute Gasteiger partial charge is 0.243 e. The van der Waals surface area contributed by atoms with Gasteiger partial charge in [-0.2, -0.15) is 4.31 Å². The SMILES string of the molecule is Cc1ccc(S(=O)(=O)N2CCC(C(=O)Nc3cc(F)ccc3C)CC2)c(C)c1. The molecule has 1 amide bonds. The summed E-state index contributed by atoms with van der Waals surface area (Å²) in [5.74, 6) is -0.902. The van der Waals surface area contributed by atoms with E-state index in [0.717, 1.165) is 16.7 Å². The van der Waals surface area contributed by atoms with Crippen LogP contribution in [0.15, 0.2) is 41.3 Å². The number of hydrogen-bond donors (Lipinski definition) is 1. The van der Waals surface area contributed by atoms with Crippen molar-refractivity contribution in [3.8, 4) is 0 Å². The highest BCUT2D eigenvalue weighted by atomic mass is 32.2. The molecule has 0 unspecified atom stereocenters. The van der Waals surface area contributed by atoms with Crippen LogP contribution >= 0.6 is 0 Å². The minimum Gasteiger partial charge on any atom is -0.326 e. The minimum atomic E-state index is -3.58. The Kier molecular flexibility index (Phi) is 5.86. The monoisotopic (exact) mass is 404 g/mol. The number of amides is 1. The average Bonchev–Trinajstić information content (AvgIpc) is 2.64. The zero-order valence-electron chi connectivity index (χ0n) is 16.3. The number of carbonyl (C=O) groups excluding carboxylic acids is 1. The van der Waals surface area contributed by atoms with E-state index >= 15 is 0 Å². The van der Waals surface area contributed by atoms with Crippen LogP contribution in [0.1, 0.15) is 29.5 Å². The Morgan fingerprint density at radius 2 is 1.71 bits per heavy atom. The molecule has 150 valence electrons. The molecule has 1 aliphatic heterocycles. The molecule has 1 N–H and O–H groups in total. The van der Waals surface area contributed by atoms with Crippen LogP contribution in [0.3, 0.4) is 0 Å². The predicted octanol–water partition coefficient (Wildman–Crippen LogP) is 3.79. The van der Waals surface area contributed by atoms with Gasteiger partial charge in [-0.25, -0.2) is 12.8 Å². The number of anilines is 1. The zero-order chi connectivity index (χ0) is 20.5. The van der Waals surface area contributed by atoms with Gasteiger partial charge in [0.1, 0.15) is 5.82 Å². The first-order valence-corrected chi connectivity index (χ1v) is 10.8. The Balaban J connectivity index is 1.66. The van der Waals surface area contributed by atoms with Crippen LogP contribution in [0, 0.1) is 32.5 Å². The molecule has 28 heavy (non-hydrogen) atoms. The van der Waals surface area contributed by atoms with E-state index < -0.39 is 15.8 Å². The Hall–Kier alpha value is -2.25. The maximum absolute atomic E-state index is 13.4. The van der Waals surface area contributed by atoms with Crippen molar-refractivity contribution in [1.29, 1.82) is 0 Å². The van der Waals surface area contributed by atoms with E-state index in [2.05, 4.69) is 5.32 Å². The Morgan fingerprint density at radius 3 is 2.36 bits per heavy atom. The molecule has 0 bridgehead atoms. The number of piperidine rings is 1. The van der Waals surface area contributed by atoms with Gasteiger partial charge < -0.3 is 5.32 Å². The molecule has 5 nitrogen and oxygen atoms in total. The van der Waals surface area contributed by atoms with Gasteiger partial charge in [-0.3, -0.25) is 4.79 Å². The Labute approximate surface area is 165 Å². The molecular formula is C21H25FN2O3S. The van der Waals surface area contributed by atoms with Crippen LogP contribution in [-0.4, -0.2) is 31.7 Å². The van der Waals surface area contributed by atoms with Gasteiger partial charge >= 0.3 is 0 Å². The van der Waals surface area contributed by atoms with Crippen LogP contribution in [0.25, 0.3) is 0 Å². The fourth-order valence-electron chi connectivity index (χ4n) is 3.55. The predicted molar refractivity (Wildman–Crippen MR) is 107 cm³/mol. The summed E-state index contributed by atoms with van der Waals surface area (Å²) < 4.78 is 40.8. The fourth-order valence-corrected chi connectivity index (χ4v) is 5.23. The van der Waals surface area contributed by atoms with E-state index in [0.29, 0.717) is 23.4 Å². The number of nitrogens with one attached hydrogen (secondary N) is 1. The number of sulfonamides is 1. The third-order valence-electron chi connectivity index (χ3n) is 5.23. The van der Waals surface area contributed by atoms with Gasteiger partial charge in [0.2, 0.25) is 15.9 Å². The fraction of sp³-hybridized carbons (Fsp3) is 0.381. The molecule has 0 aliphatic carbocycles. The maximum Gasteiger partial charge on any atom is 0.243 e. The van der Waals surface area contributed by atoms with Crippen LogP contribution in [0.4, 0.5) is 10.1 Å². The molecule has 0 radical (unpaired) electrons. The van der Waals surface area contributed by atoms with Gasteiger partial charge in [-0.1, -0.05) is 23.8 Å². The van der Waals surface area contributed by atoms with Crippen LogP contribution in [-0.2, 0) is 14.8 Å². The van der Waals surface area contributed by atoms with Crippen molar-refractivity contribution in [2.24, 2.45) is 5.92 Å². The Bertz CT molecular complexity index is 997. The van der Waals surface area contributed by atoms with Gasteiger partial charge in [-0.05, 0) is 62.9 Å². The summed E-state index contributed by atoms with van der Waals surface area (Å²) in [6.45, 7) is 6.09. The number of rotatable bonds is 4. The van der Waals surface area contributed by atoms with Gasteiger partial charge in [0.15, 0.2) is 0 Å². The third kappa shape index (κ3) is 4.25. The molecule has 0 aromatic heterocycles. The van der Waals surface area contributed by atoms with Crippen molar-refractivity contribution in [1.82, 2.24) is 4.31 Å². The zero-order valence-corrected chi connectivity index (χ0v) is 17.1. The maximum atomic E-state index is 13.4. The minimum absolute atomic E-state index is 0.197. The summed E-state index contributed by atoms with van der Waals surface area (Å²) in [6.07, 6.45) is 0.870. The molecule has 0 spiro atoms. The van der Waals surface area contributed by atoms with Crippen LogP contribution < -0.4 is 5.32 Å². The summed E-state index contributed by atoms with van der Waals surface area (Å²) in [4.78, 5) is 12.9. The van der Waals surface area contributed by atoms with Crippen molar-refractivity contribution >= 4 is 21.6 Å². The Morgan fingerprint density at radius 1 is 1.04 bits per heavy atom. The van der Waals surface area contributed by atoms with E-state index in [1.807, 2.05) is 13.0 Å². The topological polar surface area (TPSA) is 66.5 Å². The number of aryl methyl sites for hydroxylation is 3. The standard InChI is InChI=1S/C21H25FN2O3S/c1-14-4-7-20(16(3)12-14)28(26,27)24-10-8-17(9-11-24)21(25)23-19-13-18(22)6-5-15(19)2/h4-7,12-13,17H,8-11H2,1-3H3,(H,23,25). The van der Waals surface area contributed by atoms with Crippen molar-refractivity contribution in [2.45, 2.75) is 38.5 Å². The van der Waals surface area contributed by atoms with Gasteiger partial charge in [0.05, 0.1) is 4.90 Å². The summed E-state index contributed by atoms with van der Waals surface area (Å²) in [5, 5.41) is 2.77. The van der Waals surface area contributed by atoms with Crippen molar-refractivity contribution in [2.75, 3.05) is 18.4 Å². The highest BCUT2D eigenvalue weighted by Gasteiger charge is 2.33. The van der Waals surface area contributed by atoms with Crippen molar-refractivity contribution < 1.29 is 17.6 Å². The molecule has 7 heteroatoms. The molecule has 1 aliphatic rings. The van der Waals surface area contributed by atoms with Gasteiger partial charge in [0.25, 0.3) is 0 Å². The van der Waals surface area contributed by atoms with Crippen molar-refractivity contribution in [3.05, 3.63) is 58.9 Å². The highest BCUT2D eigenvalue weighted by Crippen LogP contribution is 2.27. The lowest BCUT2D eigenvalue weighted by atomic mass is 9.97. The molecule has 2 aromatic carbocycles. The summed E-state index contributed by atoms with van der Waals surface area (Å²) in [6, 6.07) is 9.56. The quantitative estimate of drug-likeness (QED) is 0.843. The van der Waals surface area contributed by atoms with Gasteiger partial charge in [0, 0.05) is 24.7 Å². The number of carbonyl (C=O) groups is 1. The number of nitrogens with zero attached hydrogens (tertiary/aromatic N) is 1. The number of hydrogen-bond acceptors (Lipinski definition) is 3. The first-order valence-electron chi connectivity index (χ1n) is 9.33. The van der Waals surface area contributed by atoms with E-state index in [4.69, 9.17) is 0 Å². The van der Waals surface area contributed by atoms with Crippen LogP contribution in [0.2, 0.25) is 0 Å². The summed E-state index contributed by atoms with van der Waals surface area (Å²) in [5.41, 5.74) is 2.97. The molecule has 1 fully saturated rings. The second kappa shape index (κ2) is 8.01. The van der Waals surface area contributed by atoms with E-state index in [9.17, 15) is 17.6 Å². The second-order valence-electron chi connectivity index (χ2n) is 7.40. The lowest BCUT2D eigenvalue weighted by molar-refractivity contribution is -0.120. The molecule has 0 saturated carbocycles. The van der Waals surface area contributed by atoms with E-state index in [1.165, 1.54) is 16.4 Å². The average molecular weight is 405 g/mol. The van der Waals surface area contributed by atoms with E-state index in [1.54, 1.807) is 32.0 Å². The number of halogens is 1. The number of benzene rings is 2. The first-order chi connectivity index (χ1) is 13.2. The second-order valence-corrected chi connectivity index (χ2v) is 9.30. The molecule has 3 rings (SSSR count). The lowest BCUT2D eigenvalue weighted by Crippen LogP contribution is -2.41. The van der Waals surface area contributed by atoms with Gasteiger partial charge in [-0.15, -0.1) is 0 Å². The summed E-state index contributed by atoms with van der Waals surface area (Å²) >= 11 is 0. The van der Waals surface area contributed by atoms with E-state index in [-0.39, 0.29) is 24.9 Å². The highest BCUT2D eigenvalue weighted by molar-refractivity contribution is 7.89. The molecule has 0 atom stereocenters. The third-order valence-corrected chi connectivity index (χ3v) is 7.29. The normalized spacial score (nSPS) is 16.1. The molecular weight excluding hydrogens is 379 g/mol. The molecule has 2 aromatic rings. The first kappa shape index (κ1) is 20.5.